The molecule has 6 aromatic carbocycles. The first-order valence-corrected chi connectivity index (χ1v) is 14.2. The Bertz CT molecular complexity index is 2050. The van der Waals surface area contributed by atoms with Gasteiger partial charge in [0.15, 0.2) is 0 Å². The molecule has 7 aromatic rings. The molecule has 0 bridgehead atoms. The van der Waals surface area contributed by atoms with Crippen LogP contribution in [0.4, 0.5) is 17.1 Å². The van der Waals surface area contributed by atoms with Crippen molar-refractivity contribution in [2.24, 2.45) is 0 Å². The lowest BCUT2D eigenvalue weighted by molar-refractivity contribution is 0.620. The average molecular weight is 528 g/mol. The topological polar surface area (TPSA) is 16.4 Å². The molecule has 1 heterocycles. The molecular formula is C39H29NO. The maximum absolute atomic E-state index is 6.77. The smallest absolute Gasteiger partial charge is 0.140 e. The predicted molar refractivity (Wildman–Crippen MR) is 171 cm³/mol. The molecule has 196 valence electrons. The van der Waals surface area contributed by atoms with Gasteiger partial charge in [-0.1, -0.05) is 111 Å². The average Bonchev–Trinajstić information content (AvgIpc) is 3.52. The lowest BCUT2D eigenvalue weighted by Crippen LogP contribution is -2.15. The molecule has 0 radical (unpaired) electrons. The minimum Gasteiger partial charge on any atom is -0.456 e. The minimum absolute atomic E-state index is 0.147. The van der Waals surface area contributed by atoms with Crippen molar-refractivity contribution in [1.82, 2.24) is 0 Å². The number of fused-ring (bicyclic) bond motifs is 7. The lowest BCUT2D eigenvalue weighted by Gasteiger charge is -2.26. The third-order valence-electron chi connectivity index (χ3n) is 8.65. The summed E-state index contributed by atoms with van der Waals surface area (Å²) in [7, 11) is 0. The quantitative estimate of drug-likeness (QED) is 0.226. The Hall–Kier alpha value is -5.08. The molecule has 1 aromatic heterocycles. The highest BCUT2D eigenvalue weighted by Gasteiger charge is 2.38. The maximum Gasteiger partial charge on any atom is 0.140 e. The van der Waals surface area contributed by atoms with E-state index in [4.69, 9.17) is 4.42 Å². The van der Waals surface area contributed by atoms with Crippen molar-refractivity contribution in [2.75, 3.05) is 4.90 Å². The van der Waals surface area contributed by atoms with E-state index in [-0.39, 0.29) is 5.41 Å². The van der Waals surface area contributed by atoms with E-state index in [2.05, 4.69) is 158 Å². The van der Waals surface area contributed by atoms with E-state index in [1.165, 1.54) is 33.4 Å². The van der Waals surface area contributed by atoms with Crippen LogP contribution in [0.1, 0.15) is 25.0 Å². The lowest BCUT2D eigenvalue weighted by atomic mass is 9.82. The van der Waals surface area contributed by atoms with Crippen molar-refractivity contribution >= 4 is 39.0 Å². The molecule has 8 rings (SSSR count). The zero-order valence-electron chi connectivity index (χ0n) is 23.1. The van der Waals surface area contributed by atoms with Crippen LogP contribution in [0.25, 0.3) is 44.2 Å². The summed E-state index contributed by atoms with van der Waals surface area (Å²) in [5, 5.41) is 2.28. The first-order chi connectivity index (χ1) is 20.1. The molecular weight excluding hydrogens is 498 g/mol. The van der Waals surface area contributed by atoms with Gasteiger partial charge in [0.1, 0.15) is 11.2 Å². The molecule has 0 saturated carbocycles. The van der Waals surface area contributed by atoms with E-state index in [9.17, 15) is 0 Å². The first-order valence-electron chi connectivity index (χ1n) is 14.2. The number of rotatable bonds is 4. The maximum atomic E-state index is 6.77. The molecule has 0 amide bonds. The summed E-state index contributed by atoms with van der Waals surface area (Å²) in [4.78, 5) is 2.35. The van der Waals surface area contributed by atoms with Gasteiger partial charge in [-0.15, -0.1) is 0 Å². The Kier molecular flexibility index (Phi) is 5.20. The molecule has 41 heavy (non-hydrogen) atoms. The fourth-order valence-corrected chi connectivity index (χ4v) is 6.74. The van der Waals surface area contributed by atoms with Crippen LogP contribution >= 0.6 is 0 Å². The van der Waals surface area contributed by atoms with Gasteiger partial charge in [-0.3, -0.25) is 0 Å². The Morgan fingerprint density at radius 1 is 0.537 bits per heavy atom. The Balaban J connectivity index is 1.36. The van der Waals surface area contributed by atoms with Crippen LogP contribution in [0, 0.1) is 0 Å². The fourth-order valence-electron chi connectivity index (χ4n) is 6.74. The van der Waals surface area contributed by atoms with Crippen LogP contribution in [0.3, 0.4) is 0 Å². The van der Waals surface area contributed by atoms with E-state index < -0.39 is 0 Å². The third-order valence-corrected chi connectivity index (χ3v) is 8.65. The van der Waals surface area contributed by atoms with E-state index in [0.717, 1.165) is 39.0 Å². The molecule has 0 fully saturated rings. The predicted octanol–water partition coefficient (Wildman–Crippen LogP) is 11.0. The highest BCUT2D eigenvalue weighted by atomic mass is 16.3. The summed E-state index contributed by atoms with van der Waals surface area (Å²) in [6, 6.07) is 49.7. The van der Waals surface area contributed by atoms with Gasteiger partial charge in [0.2, 0.25) is 0 Å². The van der Waals surface area contributed by atoms with Crippen LogP contribution in [0.15, 0.2) is 144 Å². The molecule has 2 nitrogen and oxygen atoms in total. The van der Waals surface area contributed by atoms with E-state index in [1.807, 2.05) is 0 Å². The van der Waals surface area contributed by atoms with Gasteiger partial charge in [0.05, 0.1) is 11.1 Å². The largest absolute Gasteiger partial charge is 0.456 e. The normalized spacial score (nSPS) is 13.3. The summed E-state index contributed by atoms with van der Waals surface area (Å²) >= 11 is 0. The van der Waals surface area contributed by atoms with Crippen molar-refractivity contribution in [3.63, 3.8) is 0 Å². The van der Waals surface area contributed by atoms with Crippen LogP contribution in [-0.2, 0) is 5.41 Å². The Labute approximate surface area is 240 Å². The number of furan rings is 1. The van der Waals surface area contributed by atoms with Gasteiger partial charge in [0.25, 0.3) is 0 Å². The Morgan fingerprint density at radius 3 is 1.98 bits per heavy atom. The summed E-state index contributed by atoms with van der Waals surface area (Å²) in [6.07, 6.45) is 0. The van der Waals surface area contributed by atoms with E-state index in [0.29, 0.717) is 0 Å². The number of benzene rings is 6. The summed E-state index contributed by atoms with van der Waals surface area (Å²) < 4.78 is 6.77. The second-order valence-electron chi connectivity index (χ2n) is 11.4. The van der Waals surface area contributed by atoms with Crippen LogP contribution in [-0.4, -0.2) is 0 Å². The summed E-state index contributed by atoms with van der Waals surface area (Å²) in [5.74, 6) is 0. The molecule has 0 aliphatic heterocycles. The second kappa shape index (κ2) is 8.97. The van der Waals surface area contributed by atoms with Crippen LogP contribution in [0.5, 0.6) is 0 Å². The number of para-hydroxylation sites is 1. The van der Waals surface area contributed by atoms with Gasteiger partial charge < -0.3 is 9.32 Å². The van der Waals surface area contributed by atoms with Gasteiger partial charge in [-0.05, 0) is 70.3 Å². The minimum atomic E-state index is -0.147. The van der Waals surface area contributed by atoms with Crippen LogP contribution < -0.4 is 4.90 Å². The molecule has 0 spiro atoms. The number of hydrogen-bond acceptors (Lipinski definition) is 2. The molecule has 0 saturated heterocycles. The van der Waals surface area contributed by atoms with Crippen molar-refractivity contribution < 1.29 is 4.42 Å². The Morgan fingerprint density at radius 2 is 1.20 bits per heavy atom. The molecule has 2 heteroatoms. The number of hydrogen-bond donors (Lipinski definition) is 0. The van der Waals surface area contributed by atoms with Gasteiger partial charge in [-0.25, -0.2) is 0 Å². The summed E-state index contributed by atoms with van der Waals surface area (Å²) in [6.45, 7) is 4.63. The van der Waals surface area contributed by atoms with E-state index >= 15 is 0 Å². The molecule has 0 unspecified atom stereocenters. The first kappa shape index (κ1) is 23.8. The zero-order valence-corrected chi connectivity index (χ0v) is 23.1. The molecule has 0 atom stereocenters. The van der Waals surface area contributed by atoms with Crippen molar-refractivity contribution in [3.05, 3.63) is 151 Å². The molecule has 0 N–H and O–H groups in total. The van der Waals surface area contributed by atoms with Crippen molar-refractivity contribution in [2.45, 2.75) is 19.3 Å². The highest BCUT2D eigenvalue weighted by Crippen LogP contribution is 2.53. The van der Waals surface area contributed by atoms with Gasteiger partial charge >= 0.3 is 0 Å². The second-order valence-corrected chi connectivity index (χ2v) is 11.4. The summed E-state index contributed by atoms with van der Waals surface area (Å²) in [5.41, 5.74) is 12.7. The molecule has 1 aliphatic rings. The van der Waals surface area contributed by atoms with Gasteiger partial charge in [0, 0.05) is 27.7 Å². The highest BCUT2D eigenvalue weighted by molar-refractivity contribution is 6.15. The van der Waals surface area contributed by atoms with Crippen LogP contribution in [0.2, 0.25) is 0 Å². The zero-order chi connectivity index (χ0) is 27.6. The number of nitrogens with zero attached hydrogens (tertiary/aromatic N) is 1. The third kappa shape index (κ3) is 3.57. The monoisotopic (exact) mass is 527 g/mol. The molecule has 1 aliphatic carbocycles. The van der Waals surface area contributed by atoms with Gasteiger partial charge in [-0.2, -0.15) is 0 Å². The van der Waals surface area contributed by atoms with Crippen molar-refractivity contribution in [3.8, 4) is 22.3 Å². The standard InChI is InChI=1S/C39H29NO/c1-39(2)33-17-10-9-16-30(33)31-24-25-32-36-34(18-11-19-35(36)41-38(32)37(31)39)40(28-14-7-4-8-15-28)29-22-20-27(21-23-29)26-12-5-3-6-13-26/h3-25H,1-2H3. The number of anilines is 3. The van der Waals surface area contributed by atoms with Crippen molar-refractivity contribution in [1.29, 1.82) is 0 Å². The SMILES string of the molecule is CC1(C)c2ccccc2-c2ccc3c(oc4cccc(N(c5ccccc5)c5ccc(-c6ccccc6)cc5)c43)c21. The fraction of sp³-hybridized carbons (Fsp3) is 0.0769. The van der Waals surface area contributed by atoms with E-state index in [1.54, 1.807) is 0 Å².